The average molecular weight is 244 g/mol. The summed E-state index contributed by atoms with van der Waals surface area (Å²) in [4.78, 5) is 32.0. The molecule has 0 radical (unpaired) electrons. The van der Waals surface area contributed by atoms with Gasteiger partial charge in [-0.1, -0.05) is 6.58 Å². The fraction of sp³-hybridized carbons (Fsp3) is 0.545. The van der Waals surface area contributed by atoms with E-state index in [2.05, 4.69) is 16.1 Å². The molecule has 0 amide bonds. The number of hydrogen-bond acceptors (Lipinski definition) is 6. The Labute approximate surface area is 99.5 Å². The number of carbonyl (C=O) groups excluding carboxylic acids is 3. The molecule has 0 bridgehead atoms. The van der Waals surface area contributed by atoms with E-state index in [-0.39, 0.29) is 26.1 Å². The summed E-state index contributed by atoms with van der Waals surface area (Å²) < 4.78 is 14.1. The molecule has 0 aromatic heterocycles. The fourth-order valence-electron chi connectivity index (χ4n) is 0.927. The van der Waals surface area contributed by atoms with Crippen LogP contribution in [0.15, 0.2) is 12.7 Å². The molecule has 0 fully saturated rings. The minimum absolute atomic E-state index is 0.0362. The van der Waals surface area contributed by atoms with Gasteiger partial charge in [0.2, 0.25) is 0 Å². The van der Waals surface area contributed by atoms with Crippen LogP contribution in [0.3, 0.4) is 0 Å². The summed E-state index contributed by atoms with van der Waals surface area (Å²) in [7, 11) is 0. The summed E-state index contributed by atoms with van der Waals surface area (Å²) in [6.45, 7) is 6.57. The molecule has 0 heterocycles. The topological polar surface area (TPSA) is 78.9 Å². The zero-order valence-corrected chi connectivity index (χ0v) is 9.93. The van der Waals surface area contributed by atoms with Crippen LogP contribution in [0, 0.1) is 0 Å². The second-order valence-electron chi connectivity index (χ2n) is 3.74. The van der Waals surface area contributed by atoms with Crippen LogP contribution in [0.5, 0.6) is 0 Å². The maximum absolute atomic E-state index is 11.3. The third-order valence-corrected chi connectivity index (χ3v) is 1.69. The van der Waals surface area contributed by atoms with Crippen molar-refractivity contribution in [2.45, 2.75) is 25.9 Å². The Morgan fingerprint density at radius 3 is 2.35 bits per heavy atom. The predicted molar refractivity (Wildman–Crippen MR) is 58.0 cm³/mol. The maximum Gasteiger partial charge on any atom is 0.330 e. The van der Waals surface area contributed by atoms with Crippen molar-refractivity contribution in [3.8, 4) is 0 Å². The van der Waals surface area contributed by atoms with Crippen molar-refractivity contribution in [1.82, 2.24) is 0 Å². The van der Waals surface area contributed by atoms with Crippen molar-refractivity contribution >= 4 is 18.4 Å². The first-order chi connectivity index (χ1) is 7.91. The first-order valence-corrected chi connectivity index (χ1v) is 4.97. The van der Waals surface area contributed by atoms with Gasteiger partial charge in [-0.2, -0.15) is 0 Å². The Bertz CT molecular complexity index is 294. The van der Waals surface area contributed by atoms with Gasteiger partial charge >= 0.3 is 11.9 Å². The van der Waals surface area contributed by atoms with Crippen LogP contribution in [0.2, 0.25) is 0 Å². The van der Waals surface area contributed by atoms with E-state index >= 15 is 0 Å². The molecule has 6 heteroatoms. The van der Waals surface area contributed by atoms with Crippen LogP contribution in [-0.2, 0) is 28.6 Å². The lowest BCUT2D eigenvalue weighted by molar-refractivity contribution is -0.157. The van der Waals surface area contributed by atoms with E-state index in [4.69, 9.17) is 4.74 Å². The first-order valence-electron chi connectivity index (χ1n) is 4.97. The highest BCUT2D eigenvalue weighted by molar-refractivity contribution is 5.81. The van der Waals surface area contributed by atoms with Gasteiger partial charge in [0.25, 0.3) is 6.47 Å². The Balaban J connectivity index is 3.76. The highest BCUT2D eigenvalue weighted by Gasteiger charge is 2.24. The zero-order chi connectivity index (χ0) is 13.3. The van der Waals surface area contributed by atoms with Crippen LogP contribution < -0.4 is 0 Å². The lowest BCUT2D eigenvalue weighted by atomic mass is 10.1. The van der Waals surface area contributed by atoms with Gasteiger partial charge in [0.15, 0.2) is 0 Å². The van der Waals surface area contributed by atoms with Crippen LogP contribution in [-0.4, -0.2) is 37.2 Å². The van der Waals surface area contributed by atoms with Crippen molar-refractivity contribution in [3.63, 3.8) is 0 Å². The number of rotatable bonds is 8. The van der Waals surface area contributed by atoms with Gasteiger partial charge in [-0.05, 0) is 13.8 Å². The maximum atomic E-state index is 11.3. The lowest BCUT2D eigenvalue weighted by Gasteiger charge is -2.21. The highest BCUT2D eigenvalue weighted by atomic mass is 16.6. The molecule has 0 aromatic carbocycles. The molecule has 0 N–H and O–H groups in total. The smallest absolute Gasteiger partial charge is 0.330 e. The minimum atomic E-state index is -0.906. The summed E-state index contributed by atoms with van der Waals surface area (Å²) in [6, 6.07) is 0. The predicted octanol–water partition coefficient (Wildman–Crippen LogP) is 0.600. The Hall–Kier alpha value is -1.85. The van der Waals surface area contributed by atoms with E-state index in [9.17, 15) is 14.4 Å². The van der Waals surface area contributed by atoms with Gasteiger partial charge in [0.1, 0.15) is 18.8 Å². The second kappa shape index (κ2) is 7.43. The molecule has 17 heavy (non-hydrogen) atoms. The standard InChI is InChI=1S/C11H16O6/c1-4-9(13)15-5-6-16-10(14)7-11(2,3)17-8-12/h4,8H,1,5-7H2,2-3H3. The minimum Gasteiger partial charge on any atom is -0.462 e. The molecule has 96 valence electrons. The Kier molecular flexibility index (Phi) is 6.62. The van der Waals surface area contributed by atoms with Gasteiger partial charge in [-0.25, -0.2) is 4.79 Å². The number of esters is 2. The molecule has 0 aliphatic heterocycles. The Morgan fingerprint density at radius 1 is 1.24 bits per heavy atom. The molecular weight excluding hydrogens is 228 g/mol. The third-order valence-electron chi connectivity index (χ3n) is 1.69. The average Bonchev–Trinajstić information content (AvgIpc) is 2.23. The van der Waals surface area contributed by atoms with Gasteiger partial charge < -0.3 is 14.2 Å². The van der Waals surface area contributed by atoms with Crippen LogP contribution >= 0.6 is 0 Å². The van der Waals surface area contributed by atoms with E-state index in [1.807, 2.05) is 0 Å². The number of ether oxygens (including phenoxy) is 3. The Morgan fingerprint density at radius 2 is 1.82 bits per heavy atom. The van der Waals surface area contributed by atoms with E-state index in [0.717, 1.165) is 6.08 Å². The summed E-state index contributed by atoms with van der Waals surface area (Å²) in [5, 5.41) is 0. The molecule has 0 aromatic rings. The van der Waals surface area contributed by atoms with E-state index in [1.165, 1.54) is 0 Å². The van der Waals surface area contributed by atoms with Crippen molar-refractivity contribution in [3.05, 3.63) is 12.7 Å². The van der Waals surface area contributed by atoms with Crippen LogP contribution in [0.25, 0.3) is 0 Å². The van der Waals surface area contributed by atoms with E-state index in [0.29, 0.717) is 0 Å². The summed E-state index contributed by atoms with van der Waals surface area (Å²) in [5.41, 5.74) is -0.906. The van der Waals surface area contributed by atoms with E-state index in [1.54, 1.807) is 13.8 Å². The fourth-order valence-corrected chi connectivity index (χ4v) is 0.927. The molecule has 6 nitrogen and oxygen atoms in total. The molecule has 0 unspecified atom stereocenters. The molecule has 0 rings (SSSR count). The molecule has 0 atom stereocenters. The molecule has 0 saturated heterocycles. The van der Waals surface area contributed by atoms with Gasteiger partial charge in [-0.3, -0.25) is 9.59 Å². The van der Waals surface area contributed by atoms with Crippen molar-refractivity contribution < 1.29 is 28.6 Å². The summed E-state index contributed by atoms with van der Waals surface area (Å²) in [5.74, 6) is -1.11. The highest BCUT2D eigenvalue weighted by Crippen LogP contribution is 2.13. The van der Waals surface area contributed by atoms with Crippen molar-refractivity contribution in [2.24, 2.45) is 0 Å². The monoisotopic (exact) mass is 244 g/mol. The molecule has 0 spiro atoms. The van der Waals surface area contributed by atoms with Crippen molar-refractivity contribution in [2.75, 3.05) is 13.2 Å². The normalized spacial score (nSPS) is 10.2. The summed E-state index contributed by atoms with van der Waals surface area (Å²) >= 11 is 0. The number of hydrogen-bond donors (Lipinski definition) is 0. The summed E-state index contributed by atoms with van der Waals surface area (Å²) in [6.07, 6.45) is 0.948. The van der Waals surface area contributed by atoms with Gasteiger partial charge in [0.05, 0.1) is 6.42 Å². The number of carbonyl (C=O) groups is 3. The molecule has 0 saturated carbocycles. The van der Waals surface area contributed by atoms with Crippen LogP contribution in [0.4, 0.5) is 0 Å². The second-order valence-corrected chi connectivity index (χ2v) is 3.74. The van der Waals surface area contributed by atoms with E-state index < -0.39 is 17.5 Å². The van der Waals surface area contributed by atoms with Gasteiger partial charge in [0, 0.05) is 6.08 Å². The lowest BCUT2D eigenvalue weighted by Crippen LogP contribution is -2.29. The third kappa shape index (κ3) is 8.01. The first kappa shape index (κ1) is 15.2. The SMILES string of the molecule is C=CC(=O)OCCOC(=O)CC(C)(C)OC=O. The molecular formula is C11H16O6. The quantitative estimate of drug-likeness (QED) is 0.204. The molecule has 0 aliphatic carbocycles. The largest absolute Gasteiger partial charge is 0.462 e. The van der Waals surface area contributed by atoms with Crippen molar-refractivity contribution in [1.29, 1.82) is 0 Å². The van der Waals surface area contributed by atoms with Crippen LogP contribution in [0.1, 0.15) is 20.3 Å². The zero-order valence-electron chi connectivity index (χ0n) is 9.93. The van der Waals surface area contributed by atoms with Gasteiger partial charge in [-0.15, -0.1) is 0 Å². The molecule has 0 aliphatic rings.